The summed E-state index contributed by atoms with van der Waals surface area (Å²) in [5.41, 5.74) is 1.65. The van der Waals surface area contributed by atoms with E-state index in [1.165, 1.54) is 12.3 Å². The SMILES string of the molecule is CC[C@@H](NC(=O)/C=C/c1ccc(OC)c(OC)c1)c1ccc(S(C)(=O)=O)cc1. The molecule has 1 N–H and O–H groups in total. The Morgan fingerprint density at radius 2 is 1.71 bits per heavy atom. The van der Waals surface area contributed by atoms with Gasteiger partial charge in [-0.1, -0.05) is 25.1 Å². The van der Waals surface area contributed by atoms with E-state index in [1.807, 2.05) is 13.0 Å². The zero-order valence-corrected chi connectivity index (χ0v) is 17.2. The Morgan fingerprint density at radius 1 is 1.07 bits per heavy atom. The predicted molar refractivity (Wildman–Crippen MR) is 109 cm³/mol. The van der Waals surface area contributed by atoms with Gasteiger partial charge in [-0.05, 0) is 47.9 Å². The summed E-state index contributed by atoms with van der Waals surface area (Å²) < 4.78 is 33.6. The molecule has 1 atom stereocenters. The Bertz CT molecular complexity index is 949. The van der Waals surface area contributed by atoms with Gasteiger partial charge in [0.2, 0.25) is 5.91 Å². The smallest absolute Gasteiger partial charge is 0.244 e. The highest BCUT2D eigenvalue weighted by atomic mass is 32.2. The minimum atomic E-state index is -3.24. The van der Waals surface area contributed by atoms with E-state index in [9.17, 15) is 13.2 Å². The van der Waals surface area contributed by atoms with Crippen molar-refractivity contribution in [3.63, 3.8) is 0 Å². The van der Waals surface area contributed by atoms with Crippen molar-refractivity contribution < 1.29 is 22.7 Å². The molecule has 150 valence electrons. The van der Waals surface area contributed by atoms with Crippen LogP contribution in [0.2, 0.25) is 0 Å². The van der Waals surface area contributed by atoms with Crippen LogP contribution in [0, 0.1) is 0 Å². The summed E-state index contributed by atoms with van der Waals surface area (Å²) in [6.07, 6.45) is 4.99. The molecule has 7 heteroatoms. The van der Waals surface area contributed by atoms with Crippen molar-refractivity contribution in [1.29, 1.82) is 0 Å². The summed E-state index contributed by atoms with van der Waals surface area (Å²) in [4.78, 5) is 12.6. The number of carbonyl (C=O) groups excluding carboxylic acids is 1. The number of hydrogen-bond acceptors (Lipinski definition) is 5. The number of carbonyl (C=O) groups is 1. The van der Waals surface area contributed by atoms with Gasteiger partial charge < -0.3 is 14.8 Å². The fraction of sp³-hybridized carbons (Fsp3) is 0.286. The van der Waals surface area contributed by atoms with Crippen molar-refractivity contribution >= 4 is 21.8 Å². The Balaban J connectivity index is 2.09. The van der Waals surface area contributed by atoms with Crippen molar-refractivity contribution in [2.24, 2.45) is 0 Å². The Kier molecular flexibility index (Phi) is 7.23. The highest BCUT2D eigenvalue weighted by Gasteiger charge is 2.13. The molecule has 2 aromatic carbocycles. The normalized spacial score (nSPS) is 12.6. The van der Waals surface area contributed by atoms with Crippen LogP contribution in [0.3, 0.4) is 0 Å². The quantitative estimate of drug-likeness (QED) is 0.683. The lowest BCUT2D eigenvalue weighted by atomic mass is 10.0. The van der Waals surface area contributed by atoms with Gasteiger partial charge >= 0.3 is 0 Å². The third-order valence-electron chi connectivity index (χ3n) is 4.27. The lowest BCUT2D eigenvalue weighted by Gasteiger charge is -2.16. The van der Waals surface area contributed by atoms with Crippen LogP contribution in [-0.4, -0.2) is 34.8 Å². The van der Waals surface area contributed by atoms with Gasteiger partial charge in [0.05, 0.1) is 25.2 Å². The number of methoxy groups -OCH3 is 2. The maximum atomic E-state index is 12.3. The van der Waals surface area contributed by atoms with E-state index in [2.05, 4.69) is 5.32 Å². The van der Waals surface area contributed by atoms with Crippen LogP contribution in [0.1, 0.15) is 30.5 Å². The minimum Gasteiger partial charge on any atom is -0.493 e. The first kappa shape index (κ1) is 21.5. The van der Waals surface area contributed by atoms with Gasteiger partial charge in [0.25, 0.3) is 0 Å². The molecule has 0 aromatic heterocycles. The average Bonchev–Trinajstić information content (AvgIpc) is 2.69. The molecule has 0 unspecified atom stereocenters. The summed E-state index contributed by atoms with van der Waals surface area (Å²) in [6.45, 7) is 1.95. The van der Waals surface area contributed by atoms with E-state index < -0.39 is 9.84 Å². The highest BCUT2D eigenvalue weighted by molar-refractivity contribution is 7.90. The van der Waals surface area contributed by atoms with Gasteiger partial charge in [0, 0.05) is 12.3 Å². The lowest BCUT2D eigenvalue weighted by molar-refractivity contribution is -0.117. The number of rotatable bonds is 8. The van der Waals surface area contributed by atoms with Crippen LogP contribution in [-0.2, 0) is 14.6 Å². The lowest BCUT2D eigenvalue weighted by Crippen LogP contribution is -2.26. The molecule has 0 heterocycles. The number of nitrogens with one attached hydrogen (secondary N) is 1. The first-order valence-corrected chi connectivity index (χ1v) is 10.7. The van der Waals surface area contributed by atoms with E-state index >= 15 is 0 Å². The summed E-state index contributed by atoms with van der Waals surface area (Å²) >= 11 is 0. The number of benzene rings is 2. The van der Waals surface area contributed by atoms with E-state index in [4.69, 9.17) is 9.47 Å². The van der Waals surface area contributed by atoms with Gasteiger partial charge in [0.1, 0.15) is 0 Å². The molecule has 0 bridgehead atoms. The van der Waals surface area contributed by atoms with E-state index in [-0.39, 0.29) is 16.8 Å². The first-order valence-electron chi connectivity index (χ1n) is 8.79. The topological polar surface area (TPSA) is 81.7 Å². The molecule has 0 radical (unpaired) electrons. The Morgan fingerprint density at radius 3 is 2.25 bits per heavy atom. The van der Waals surface area contributed by atoms with E-state index in [0.717, 1.165) is 11.1 Å². The fourth-order valence-corrected chi connectivity index (χ4v) is 3.35. The molecule has 0 spiro atoms. The van der Waals surface area contributed by atoms with Crippen LogP contribution >= 0.6 is 0 Å². The molecule has 0 aliphatic rings. The predicted octanol–water partition coefficient (Wildman–Crippen LogP) is 3.39. The van der Waals surface area contributed by atoms with E-state index in [0.29, 0.717) is 17.9 Å². The standard InChI is InChI=1S/C21H25NO5S/c1-5-18(16-8-10-17(11-9-16)28(4,24)25)22-21(23)13-7-15-6-12-19(26-2)20(14-15)27-3/h6-14,18H,5H2,1-4H3,(H,22,23)/b13-7+/t18-/m1/s1. The monoisotopic (exact) mass is 403 g/mol. The number of amides is 1. The number of ether oxygens (including phenoxy) is 2. The molecule has 0 aliphatic carbocycles. The Hall–Kier alpha value is -2.80. The molecule has 0 saturated heterocycles. The first-order chi connectivity index (χ1) is 13.3. The second-order valence-corrected chi connectivity index (χ2v) is 8.27. The molecule has 1 amide bonds. The van der Waals surface area contributed by atoms with Crippen LogP contribution in [0.5, 0.6) is 11.5 Å². The van der Waals surface area contributed by atoms with Gasteiger partial charge in [-0.15, -0.1) is 0 Å². The van der Waals surface area contributed by atoms with Crippen molar-refractivity contribution in [2.45, 2.75) is 24.3 Å². The second kappa shape index (κ2) is 9.41. The van der Waals surface area contributed by atoms with Crippen LogP contribution in [0.15, 0.2) is 53.4 Å². The van der Waals surface area contributed by atoms with Crippen molar-refractivity contribution in [1.82, 2.24) is 5.32 Å². The van der Waals surface area contributed by atoms with Crippen LogP contribution in [0.25, 0.3) is 6.08 Å². The highest BCUT2D eigenvalue weighted by Crippen LogP contribution is 2.28. The fourth-order valence-electron chi connectivity index (χ4n) is 2.72. The molecule has 28 heavy (non-hydrogen) atoms. The second-order valence-electron chi connectivity index (χ2n) is 6.26. The summed E-state index contributed by atoms with van der Waals surface area (Å²) in [6, 6.07) is 11.7. The Labute approximate surface area is 166 Å². The molecule has 2 rings (SSSR count). The van der Waals surface area contributed by atoms with E-state index in [1.54, 1.807) is 56.7 Å². The largest absolute Gasteiger partial charge is 0.493 e. The molecule has 0 aliphatic heterocycles. The van der Waals surface area contributed by atoms with Crippen molar-refractivity contribution in [2.75, 3.05) is 20.5 Å². The molecule has 0 saturated carbocycles. The number of sulfone groups is 1. The summed E-state index contributed by atoms with van der Waals surface area (Å²) in [5, 5.41) is 2.93. The minimum absolute atomic E-state index is 0.212. The maximum Gasteiger partial charge on any atom is 0.244 e. The number of hydrogen-bond donors (Lipinski definition) is 1. The molecular weight excluding hydrogens is 378 g/mol. The zero-order chi connectivity index (χ0) is 20.7. The zero-order valence-electron chi connectivity index (χ0n) is 16.4. The summed E-state index contributed by atoms with van der Waals surface area (Å²) in [5.74, 6) is 0.962. The van der Waals surface area contributed by atoms with Crippen LogP contribution < -0.4 is 14.8 Å². The van der Waals surface area contributed by atoms with Gasteiger partial charge in [0.15, 0.2) is 21.3 Å². The maximum absolute atomic E-state index is 12.3. The third-order valence-corrected chi connectivity index (χ3v) is 5.40. The average molecular weight is 404 g/mol. The van der Waals surface area contributed by atoms with Gasteiger partial charge in [-0.2, -0.15) is 0 Å². The van der Waals surface area contributed by atoms with Crippen LogP contribution in [0.4, 0.5) is 0 Å². The molecular formula is C21H25NO5S. The third kappa shape index (κ3) is 5.60. The van der Waals surface area contributed by atoms with Gasteiger partial charge in [-0.3, -0.25) is 4.79 Å². The molecule has 2 aromatic rings. The molecule has 0 fully saturated rings. The molecule has 6 nitrogen and oxygen atoms in total. The van der Waals surface area contributed by atoms with Crippen molar-refractivity contribution in [3.05, 3.63) is 59.7 Å². The van der Waals surface area contributed by atoms with Crippen molar-refractivity contribution in [3.8, 4) is 11.5 Å². The van der Waals surface area contributed by atoms with Gasteiger partial charge in [-0.25, -0.2) is 8.42 Å². The summed E-state index contributed by atoms with van der Waals surface area (Å²) in [7, 11) is -0.125.